The van der Waals surface area contributed by atoms with E-state index in [4.69, 9.17) is 0 Å². The highest BCUT2D eigenvalue weighted by atomic mass is 19.2. The van der Waals surface area contributed by atoms with Crippen molar-refractivity contribution in [1.29, 1.82) is 0 Å². The van der Waals surface area contributed by atoms with Crippen LogP contribution < -0.4 is 10.6 Å². The molecule has 21 heavy (non-hydrogen) atoms. The molecule has 1 aliphatic heterocycles. The maximum absolute atomic E-state index is 13.9. The van der Waals surface area contributed by atoms with Gasteiger partial charge in [-0.15, -0.1) is 0 Å². The fourth-order valence-electron chi connectivity index (χ4n) is 3.30. The zero-order valence-electron chi connectivity index (χ0n) is 11.5. The Kier molecular flexibility index (Phi) is 3.52. The third-order valence-corrected chi connectivity index (χ3v) is 4.56. The van der Waals surface area contributed by atoms with Crippen LogP contribution in [0.1, 0.15) is 32.1 Å². The van der Waals surface area contributed by atoms with Crippen molar-refractivity contribution in [1.82, 2.24) is 5.32 Å². The number of anilines is 1. The number of hydrogen-bond donors (Lipinski definition) is 2. The molecule has 1 saturated heterocycles. The van der Waals surface area contributed by atoms with Crippen molar-refractivity contribution in [2.24, 2.45) is 0 Å². The Labute approximate surface area is 120 Å². The third kappa shape index (κ3) is 2.57. The average Bonchev–Trinajstić information content (AvgIpc) is 2.42. The second-order valence-electron chi connectivity index (χ2n) is 5.91. The first-order valence-electron chi connectivity index (χ1n) is 7.15. The molecule has 1 unspecified atom stereocenters. The van der Waals surface area contributed by atoms with Gasteiger partial charge in [0.25, 0.3) is 5.69 Å². The normalized spacial score (nSPS) is 23.6. The zero-order chi connectivity index (χ0) is 15.0. The SMILES string of the molecule is O=[N+]([O-])c1ccc(F)c(F)c1NC1CCNC2(CCC2)C1. The molecule has 1 aromatic carbocycles. The summed E-state index contributed by atoms with van der Waals surface area (Å²) in [6.45, 7) is 0.780. The van der Waals surface area contributed by atoms with E-state index < -0.39 is 22.2 Å². The monoisotopic (exact) mass is 297 g/mol. The number of hydrogen-bond acceptors (Lipinski definition) is 4. The van der Waals surface area contributed by atoms with E-state index in [0.717, 1.165) is 50.8 Å². The van der Waals surface area contributed by atoms with Gasteiger partial charge in [0.05, 0.1) is 4.92 Å². The highest BCUT2D eigenvalue weighted by Gasteiger charge is 2.41. The van der Waals surface area contributed by atoms with Crippen LogP contribution in [-0.4, -0.2) is 23.0 Å². The molecule has 1 spiro atoms. The van der Waals surface area contributed by atoms with E-state index in [-0.39, 0.29) is 17.3 Å². The molecule has 2 fully saturated rings. The maximum Gasteiger partial charge on any atom is 0.295 e. The second-order valence-corrected chi connectivity index (χ2v) is 5.91. The molecule has 1 saturated carbocycles. The summed E-state index contributed by atoms with van der Waals surface area (Å²) in [6, 6.07) is 1.71. The summed E-state index contributed by atoms with van der Waals surface area (Å²) in [5, 5.41) is 17.3. The summed E-state index contributed by atoms with van der Waals surface area (Å²) < 4.78 is 27.3. The van der Waals surface area contributed by atoms with Crippen molar-refractivity contribution in [2.45, 2.75) is 43.7 Å². The van der Waals surface area contributed by atoms with E-state index in [2.05, 4.69) is 10.6 Å². The van der Waals surface area contributed by atoms with Gasteiger partial charge in [-0.2, -0.15) is 0 Å². The van der Waals surface area contributed by atoms with Gasteiger partial charge in [-0.05, 0) is 44.7 Å². The van der Waals surface area contributed by atoms with Crippen molar-refractivity contribution >= 4 is 11.4 Å². The van der Waals surface area contributed by atoms with Crippen LogP contribution in [0.3, 0.4) is 0 Å². The van der Waals surface area contributed by atoms with Gasteiger partial charge in [0.15, 0.2) is 17.3 Å². The standard InChI is InChI=1S/C14H17F2N3O2/c15-10-2-3-11(19(20)21)13(12(10)16)18-9-4-7-17-14(8-9)5-1-6-14/h2-3,9,17-18H,1,4-8H2. The van der Waals surface area contributed by atoms with E-state index in [1.165, 1.54) is 0 Å². The van der Waals surface area contributed by atoms with Gasteiger partial charge in [-0.3, -0.25) is 10.1 Å². The maximum atomic E-state index is 13.9. The Morgan fingerprint density at radius 2 is 2.14 bits per heavy atom. The molecule has 0 amide bonds. The molecule has 114 valence electrons. The van der Waals surface area contributed by atoms with Crippen LogP contribution in [0.4, 0.5) is 20.2 Å². The van der Waals surface area contributed by atoms with Crippen molar-refractivity contribution < 1.29 is 13.7 Å². The van der Waals surface area contributed by atoms with Gasteiger partial charge in [0.1, 0.15) is 0 Å². The number of nitro benzene ring substituents is 1. The first-order chi connectivity index (χ1) is 10.0. The van der Waals surface area contributed by atoms with Crippen molar-refractivity contribution in [3.05, 3.63) is 33.9 Å². The van der Waals surface area contributed by atoms with Crippen molar-refractivity contribution in [3.8, 4) is 0 Å². The fraction of sp³-hybridized carbons (Fsp3) is 0.571. The van der Waals surface area contributed by atoms with Crippen LogP contribution >= 0.6 is 0 Å². The summed E-state index contributed by atoms with van der Waals surface area (Å²) in [6.07, 6.45) is 4.81. The Balaban J connectivity index is 1.83. The molecular formula is C14H17F2N3O2. The van der Waals surface area contributed by atoms with Crippen LogP contribution in [0.2, 0.25) is 0 Å². The molecule has 3 rings (SSSR count). The van der Waals surface area contributed by atoms with E-state index in [1.807, 2.05) is 0 Å². The highest BCUT2D eigenvalue weighted by Crippen LogP contribution is 2.40. The predicted molar refractivity (Wildman–Crippen MR) is 74.2 cm³/mol. The Morgan fingerprint density at radius 1 is 1.38 bits per heavy atom. The Bertz CT molecular complexity index is 576. The molecule has 0 bridgehead atoms. The first-order valence-corrected chi connectivity index (χ1v) is 7.15. The molecule has 2 N–H and O–H groups in total. The van der Waals surface area contributed by atoms with Gasteiger partial charge in [0, 0.05) is 17.6 Å². The average molecular weight is 297 g/mol. The van der Waals surface area contributed by atoms with E-state index in [1.54, 1.807) is 0 Å². The minimum atomic E-state index is -1.18. The first kappa shape index (κ1) is 14.2. The van der Waals surface area contributed by atoms with Crippen LogP contribution in [-0.2, 0) is 0 Å². The number of nitrogens with zero attached hydrogens (tertiary/aromatic N) is 1. The van der Waals surface area contributed by atoms with E-state index >= 15 is 0 Å². The van der Waals surface area contributed by atoms with Gasteiger partial charge in [-0.25, -0.2) is 8.78 Å². The molecule has 5 nitrogen and oxygen atoms in total. The molecule has 0 aromatic heterocycles. The molecule has 1 aliphatic carbocycles. The Hall–Kier alpha value is -1.76. The lowest BCUT2D eigenvalue weighted by molar-refractivity contribution is -0.384. The summed E-state index contributed by atoms with van der Waals surface area (Å²) in [5.74, 6) is -2.25. The second kappa shape index (κ2) is 5.22. The van der Waals surface area contributed by atoms with Gasteiger partial charge >= 0.3 is 0 Å². The Morgan fingerprint density at radius 3 is 2.76 bits per heavy atom. The number of piperidine rings is 1. The molecule has 1 aromatic rings. The highest BCUT2D eigenvalue weighted by molar-refractivity contribution is 5.63. The minimum absolute atomic E-state index is 0.0779. The van der Waals surface area contributed by atoms with Gasteiger partial charge < -0.3 is 10.6 Å². The van der Waals surface area contributed by atoms with Crippen LogP contribution in [0.5, 0.6) is 0 Å². The molecular weight excluding hydrogens is 280 g/mol. The lowest BCUT2D eigenvalue weighted by atomic mass is 9.70. The van der Waals surface area contributed by atoms with E-state index in [0.29, 0.717) is 0 Å². The third-order valence-electron chi connectivity index (χ3n) is 4.56. The largest absolute Gasteiger partial charge is 0.374 e. The summed E-state index contributed by atoms with van der Waals surface area (Å²) in [5.41, 5.74) is -0.675. The van der Waals surface area contributed by atoms with Crippen molar-refractivity contribution in [2.75, 3.05) is 11.9 Å². The number of benzene rings is 1. The number of nitrogens with one attached hydrogen (secondary N) is 2. The molecule has 2 aliphatic rings. The molecule has 0 radical (unpaired) electrons. The zero-order valence-corrected chi connectivity index (χ0v) is 11.5. The number of rotatable bonds is 3. The quantitative estimate of drug-likeness (QED) is 0.665. The fourth-order valence-corrected chi connectivity index (χ4v) is 3.30. The topological polar surface area (TPSA) is 67.2 Å². The smallest absolute Gasteiger partial charge is 0.295 e. The number of halogens is 2. The number of nitro groups is 1. The summed E-state index contributed by atoms with van der Waals surface area (Å²) in [4.78, 5) is 10.3. The minimum Gasteiger partial charge on any atom is -0.374 e. The van der Waals surface area contributed by atoms with Gasteiger partial charge in [0.2, 0.25) is 0 Å². The van der Waals surface area contributed by atoms with Crippen LogP contribution in [0.15, 0.2) is 12.1 Å². The van der Waals surface area contributed by atoms with Gasteiger partial charge in [-0.1, -0.05) is 0 Å². The van der Waals surface area contributed by atoms with Crippen LogP contribution in [0, 0.1) is 21.7 Å². The lowest BCUT2D eigenvalue weighted by Gasteiger charge is -2.48. The summed E-state index contributed by atoms with van der Waals surface area (Å²) in [7, 11) is 0. The predicted octanol–water partition coefficient (Wildman–Crippen LogP) is 2.96. The summed E-state index contributed by atoms with van der Waals surface area (Å²) >= 11 is 0. The molecule has 7 heteroatoms. The van der Waals surface area contributed by atoms with Crippen molar-refractivity contribution in [3.63, 3.8) is 0 Å². The van der Waals surface area contributed by atoms with E-state index in [9.17, 15) is 18.9 Å². The lowest BCUT2D eigenvalue weighted by Crippen LogP contribution is -2.58. The molecule has 1 atom stereocenters. The van der Waals surface area contributed by atoms with Crippen LogP contribution in [0.25, 0.3) is 0 Å². The molecule has 1 heterocycles.